The Balaban J connectivity index is 2.47. The number of nitrogens with one attached hydrogen (secondary N) is 1. The van der Waals surface area contributed by atoms with Gasteiger partial charge in [0.1, 0.15) is 25.4 Å². The number of esters is 1. The van der Waals surface area contributed by atoms with Crippen molar-refractivity contribution in [3.8, 4) is 0 Å². The second-order valence-electron chi connectivity index (χ2n) is 5.39. The number of hydrogen-bond donors (Lipinski definition) is 3. The number of benzene rings is 1. The molecule has 0 aliphatic heterocycles. The van der Waals surface area contributed by atoms with Gasteiger partial charge in [0.05, 0.1) is 6.61 Å². The van der Waals surface area contributed by atoms with Gasteiger partial charge in [-0.05, 0) is 11.5 Å². The second kappa shape index (κ2) is 9.81. The van der Waals surface area contributed by atoms with E-state index in [0.717, 1.165) is 5.56 Å². The van der Waals surface area contributed by atoms with Crippen molar-refractivity contribution < 1.29 is 29.3 Å². The first-order chi connectivity index (χ1) is 10.9. The quantitative estimate of drug-likeness (QED) is 0.612. The topological polar surface area (TPSA) is 105 Å². The molecule has 0 saturated carbocycles. The van der Waals surface area contributed by atoms with E-state index in [1.807, 2.05) is 30.3 Å². The lowest BCUT2D eigenvalue weighted by molar-refractivity contribution is -0.150. The van der Waals surface area contributed by atoms with Crippen molar-refractivity contribution in [2.45, 2.75) is 32.6 Å². The summed E-state index contributed by atoms with van der Waals surface area (Å²) < 4.78 is 9.92. The Hall–Kier alpha value is -2.12. The molecule has 0 aromatic heterocycles. The summed E-state index contributed by atoms with van der Waals surface area (Å²) in [4.78, 5) is 23.7. The van der Waals surface area contributed by atoms with Crippen LogP contribution < -0.4 is 5.32 Å². The zero-order chi connectivity index (χ0) is 17.2. The van der Waals surface area contributed by atoms with Crippen LogP contribution in [0.5, 0.6) is 0 Å². The highest BCUT2D eigenvalue weighted by Gasteiger charge is 2.26. The molecule has 23 heavy (non-hydrogen) atoms. The zero-order valence-electron chi connectivity index (χ0n) is 13.3. The molecule has 1 aromatic carbocycles. The summed E-state index contributed by atoms with van der Waals surface area (Å²) in [7, 11) is 0. The Bertz CT molecular complexity index is 491. The fourth-order valence-electron chi connectivity index (χ4n) is 1.71. The third kappa shape index (κ3) is 7.12. The van der Waals surface area contributed by atoms with E-state index in [1.165, 1.54) is 0 Å². The Kier molecular flexibility index (Phi) is 8.07. The summed E-state index contributed by atoms with van der Waals surface area (Å²) in [6.45, 7) is 2.74. The highest BCUT2D eigenvalue weighted by molar-refractivity contribution is 5.81. The molecule has 0 bridgehead atoms. The second-order valence-corrected chi connectivity index (χ2v) is 5.39. The van der Waals surface area contributed by atoms with E-state index < -0.39 is 30.8 Å². The summed E-state index contributed by atoms with van der Waals surface area (Å²) in [5.41, 5.74) is 0.831. The average Bonchev–Trinajstić information content (AvgIpc) is 2.55. The van der Waals surface area contributed by atoms with Crippen LogP contribution >= 0.6 is 0 Å². The standard InChI is InChI=1S/C16H23NO6/c1-11(2)14(15(20)22-10-13(19)8-18)17-16(21)23-9-12-6-4-3-5-7-12/h3-7,11,13-14,18-19H,8-10H2,1-2H3,(H,17,21)/t13-,14+/m0/s1. The van der Waals surface area contributed by atoms with Gasteiger partial charge >= 0.3 is 12.1 Å². The molecule has 128 valence electrons. The van der Waals surface area contributed by atoms with Gasteiger partial charge in [-0.3, -0.25) is 0 Å². The minimum atomic E-state index is -1.14. The van der Waals surface area contributed by atoms with E-state index in [-0.39, 0.29) is 19.1 Å². The fraction of sp³-hybridized carbons (Fsp3) is 0.500. The molecule has 0 spiro atoms. The third-order valence-corrected chi connectivity index (χ3v) is 3.04. The monoisotopic (exact) mass is 325 g/mol. The van der Waals surface area contributed by atoms with Crippen LogP contribution in [0.4, 0.5) is 4.79 Å². The van der Waals surface area contributed by atoms with Gasteiger partial charge in [0.15, 0.2) is 0 Å². The predicted octanol–water partition coefficient (Wildman–Crippen LogP) is 0.834. The van der Waals surface area contributed by atoms with E-state index in [4.69, 9.17) is 14.6 Å². The summed E-state index contributed by atoms with van der Waals surface area (Å²) in [5.74, 6) is -0.915. The van der Waals surface area contributed by atoms with Crippen LogP contribution in [0.1, 0.15) is 19.4 Å². The number of aliphatic hydroxyl groups is 2. The Labute approximate surface area is 135 Å². The van der Waals surface area contributed by atoms with Crippen LogP contribution in [0.15, 0.2) is 30.3 Å². The zero-order valence-corrected chi connectivity index (χ0v) is 13.3. The molecular weight excluding hydrogens is 302 g/mol. The molecule has 1 amide bonds. The number of ether oxygens (including phenoxy) is 2. The van der Waals surface area contributed by atoms with Gasteiger partial charge in [0, 0.05) is 0 Å². The van der Waals surface area contributed by atoms with E-state index in [1.54, 1.807) is 13.8 Å². The highest BCUT2D eigenvalue weighted by atomic mass is 16.6. The number of carbonyl (C=O) groups is 2. The van der Waals surface area contributed by atoms with E-state index >= 15 is 0 Å². The van der Waals surface area contributed by atoms with E-state index in [2.05, 4.69) is 5.32 Å². The molecule has 3 N–H and O–H groups in total. The third-order valence-electron chi connectivity index (χ3n) is 3.04. The molecule has 0 aliphatic carbocycles. The minimum absolute atomic E-state index is 0.0930. The number of aliphatic hydroxyl groups excluding tert-OH is 2. The molecule has 0 heterocycles. The molecule has 1 aromatic rings. The first-order valence-electron chi connectivity index (χ1n) is 7.36. The first kappa shape index (κ1) is 18.9. The van der Waals surface area contributed by atoms with Crippen LogP contribution in [0.3, 0.4) is 0 Å². The SMILES string of the molecule is CC(C)[C@@H](NC(=O)OCc1ccccc1)C(=O)OC[C@@H](O)CO. The molecule has 0 aliphatic rings. The average molecular weight is 325 g/mol. The maximum atomic E-state index is 11.9. The lowest BCUT2D eigenvalue weighted by Gasteiger charge is -2.21. The molecule has 7 nitrogen and oxygen atoms in total. The summed E-state index contributed by atoms with van der Waals surface area (Å²) in [5, 5.41) is 20.3. The summed E-state index contributed by atoms with van der Waals surface area (Å²) >= 11 is 0. The fourth-order valence-corrected chi connectivity index (χ4v) is 1.71. The van der Waals surface area contributed by atoms with Crippen molar-refractivity contribution in [2.24, 2.45) is 5.92 Å². The van der Waals surface area contributed by atoms with Gasteiger partial charge in [0.25, 0.3) is 0 Å². The summed E-state index contributed by atoms with van der Waals surface area (Å²) in [6.07, 6.45) is -1.87. The van der Waals surface area contributed by atoms with Crippen LogP contribution in [-0.2, 0) is 20.9 Å². The van der Waals surface area contributed by atoms with Crippen LogP contribution in [-0.4, -0.2) is 47.6 Å². The number of carbonyl (C=O) groups excluding carboxylic acids is 2. The maximum absolute atomic E-state index is 11.9. The molecule has 0 radical (unpaired) electrons. The van der Waals surface area contributed by atoms with Crippen molar-refractivity contribution in [3.63, 3.8) is 0 Å². The van der Waals surface area contributed by atoms with Gasteiger partial charge in [0.2, 0.25) is 0 Å². The minimum Gasteiger partial charge on any atom is -0.461 e. The van der Waals surface area contributed by atoms with Crippen molar-refractivity contribution >= 4 is 12.1 Å². The molecule has 0 unspecified atom stereocenters. The Morgan fingerprint density at radius 3 is 2.39 bits per heavy atom. The van der Waals surface area contributed by atoms with Crippen molar-refractivity contribution in [1.29, 1.82) is 0 Å². The Morgan fingerprint density at radius 2 is 1.83 bits per heavy atom. The molecule has 0 fully saturated rings. The van der Waals surface area contributed by atoms with Gasteiger partial charge in [-0.15, -0.1) is 0 Å². The lowest BCUT2D eigenvalue weighted by atomic mass is 10.1. The molecular formula is C16H23NO6. The highest BCUT2D eigenvalue weighted by Crippen LogP contribution is 2.06. The number of hydrogen-bond acceptors (Lipinski definition) is 6. The molecule has 7 heteroatoms. The van der Waals surface area contributed by atoms with Gasteiger partial charge in [-0.2, -0.15) is 0 Å². The molecule has 2 atom stereocenters. The van der Waals surface area contributed by atoms with Gasteiger partial charge < -0.3 is 25.0 Å². The smallest absolute Gasteiger partial charge is 0.408 e. The molecule has 1 rings (SSSR count). The Morgan fingerprint density at radius 1 is 1.17 bits per heavy atom. The van der Waals surface area contributed by atoms with Crippen molar-refractivity contribution in [3.05, 3.63) is 35.9 Å². The van der Waals surface area contributed by atoms with Crippen LogP contribution in [0.25, 0.3) is 0 Å². The largest absolute Gasteiger partial charge is 0.461 e. The van der Waals surface area contributed by atoms with E-state index in [9.17, 15) is 14.7 Å². The molecule has 0 saturated heterocycles. The van der Waals surface area contributed by atoms with Gasteiger partial charge in [-0.1, -0.05) is 44.2 Å². The number of rotatable bonds is 8. The normalized spacial score (nSPS) is 13.3. The number of amides is 1. The van der Waals surface area contributed by atoms with E-state index in [0.29, 0.717) is 0 Å². The van der Waals surface area contributed by atoms with Crippen LogP contribution in [0, 0.1) is 5.92 Å². The first-order valence-corrected chi connectivity index (χ1v) is 7.36. The van der Waals surface area contributed by atoms with Crippen LogP contribution in [0.2, 0.25) is 0 Å². The van der Waals surface area contributed by atoms with Crippen molar-refractivity contribution in [2.75, 3.05) is 13.2 Å². The van der Waals surface area contributed by atoms with Crippen molar-refractivity contribution in [1.82, 2.24) is 5.32 Å². The lowest BCUT2D eigenvalue weighted by Crippen LogP contribution is -2.46. The predicted molar refractivity (Wildman–Crippen MR) is 82.4 cm³/mol. The number of alkyl carbamates (subject to hydrolysis) is 1. The maximum Gasteiger partial charge on any atom is 0.408 e. The van der Waals surface area contributed by atoms with Gasteiger partial charge in [-0.25, -0.2) is 9.59 Å². The summed E-state index contributed by atoms with van der Waals surface area (Å²) in [6, 6.07) is 8.25.